The lowest BCUT2D eigenvalue weighted by Crippen LogP contribution is -1.94. The van der Waals surface area contributed by atoms with Gasteiger partial charge in [0, 0.05) is 30.9 Å². The van der Waals surface area contributed by atoms with Gasteiger partial charge in [-0.2, -0.15) is 0 Å². The van der Waals surface area contributed by atoms with Gasteiger partial charge in [0.1, 0.15) is 11.2 Å². The molecule has 14 aromatic carbocycles. The van der Waals surface area contributed by atoms with Gasteiger partial charge in [0.2, 0.25) is 0 Å². The first-order chi connectivity index (χ1) is 34.7. The molecule has 16 aromatic rings. The molecule has 2 heteroatoms. The summed E-state index contributed by atoms with van der Waals surface area (Å²) < 4.78 is 8.93. The van der Waals surface area contributed by atoms with Crippen LogP contribution in [0, 0.1) is 0 Å². The van der Waals surface area contributed by atoms with Crippen LogP contribution in [0.5, 0.6) is 0 Å². The Labute approximate surface area is 405 Å². The zero-order chi connectivity index (χ0) is 45.6. The molecule has 0 unspecified atom stereocenters. The molecule has 0 aliphatic heterocycles. The highest BCUT2D eigenvalue weighted by molar-refractivity contribution is 7.25. The van der Waals surface area contributed by atoms with E-state index in [9.17, 15) is 0 Å². The second kappa shape index (κ2) is 14.4. The summed E-state index contributed by atoms with van der Waals surface area (Å²) in [6.07, 6.45) is 0. The second-order valence-electron chi connectivity index (χ2n) is 19.0. The summed E-state index contributed by atoms with van der Waals surface area (Å²) in [7, 11) is 0. The molecule has 0 saturated carbocycles. The third-order valence-corrected chi connectivity index (χ3v) is 16.5. The van der Waals surface area contributed by atoms with Gasteiger partial charge in [0.25, 0.3) is 0 Å². The number of hydrogen-bond donors (Lipinski definition) is 0. The van der Waals surface area contributed by atoms with E-state index < -0.39 is 0 Å². The molecule has 0 amide bonds. The zero-order valence-corrected chi connectivity index (χ0v) is 38.6. The highest BCUT2D eigenvalue weighted by Gasteiger charge is 2.24. The van der Waals surface area contributed by atoms with Crippen LogP contribution in [-0.4, -0.2) is 0 Å². The maximum Gasteiger partial charge on any atom is 0.135 e. The number of rotatable bonds is 3. The predicted octanol–water partition coefficient (Wildman–Crippen LogP) is 20.2. The zero-order valence-electron chi connectivity index (χ0n) is 37.8. The molecule has 16 rings (SSSR count). The van der Waals surface area contributed by atoms with Crippen molar-refractivity contribution in [1.82, 2.24) is 0 Å². The molecule has 0 saturated heterocycles. The first-order valence-electron chi connectivity index (χ1n) is 24.1. The van der Waals surface area contributed by atoms with Crippen molar-refractivity contribution in [2.75, 3.05) is 0 Å². The molecule has 0 N–H and O–H groups in total. The molecule has 0 atom stereocenters. The second-order valence-corrected chi connectivity index (χ2v) is 20.1. The van der Waals surface area contributed by atoms with E-state index in [1.165, 1.54) is 140 Å². The van der Waals surface area contributed by atoms with Crippen LogP contribution in [0.1, 0.15) is 0 Å². The fraction of sp³-hybridized carbons (Fsp3) is 0. The molecule has 0 bridgehead atoms. The van der Waals surface area contributed by atoms with Gasteiger partial charge in [-0.15, -0.1) is 11.3 Å². The van der Waals surface area contributed by atoms with Crippen LogP contribution in [0.25, 0.3) is 162 Å². The van der Waals surface area contributed by atoms with Gasteiger partial charge in [0.05, 0.1) is 0 Å². The average molecular weight is 903 g/mol. The first-order valence-corrected chi connectivity index (χ1v) is 25.0. The van der Waals surface area contributed by atoms with E-state index in [2.05, 4.69) is 224 Å². The van der Waals surface area contributed by atoms with Crippen molar-refractivity contribution in [3.63, 3.8) is 0 Å². The summed E-state index contributed by atoms with van der Waals surface area (Å²) in [6.45, 7) is 0. The largest absolute Gasteiger partial charge is 0.456 e. The third-order valence-electron chi connectivity index (χ3n) is 15.4. The topological polar surface area (TPSA) is 13.1 Å². The summed E-state index contributed by atoms with van der Waals surface area (Å²) >= 11 is 1.90. The van der Waals surface area contributed by atoms with E-state index in [1.807, 2.05) is 17.4 Å². The van der Waals surface area contributed by atoms with E-state index in [0.29, 0.717) is 0 Å². The minimum atomic E-state index is 0.907. The number of furan rings is 1. The monoisotopic (exact) mass is 902 g/mol. The van der Waals surface area contributed by atoms with Gasteiger partial charge >= 0.3 is 0 Å². The molecule has 0 aliphatic rings. The lowest BCUT2D eigenvalue weighted by Gasteiger charge is -2.22. The standard InChI is InChI=1S/C68H38OS/c1-2-16-40-34-55-54(33-39(40)15-1)43-17-3-4-18-44(43)57-38-64-60(37-56(55)57)59-36-42(30-32-63(59)70-64)66-48-22-7-11-26-52(48)68(53-27-12-8-23-49(53)66)67-50-24-9-5-20-46(50)65(47-21-6-10-25-51(47)67)41-29-31-62-58(35-41)45-19-13-14-28-61(45)69-62/h1-38H. The Morgan fingerprint density at radius 3 is 1.13 bits per heavy atom. The Balaban J connectivity index is 0.955. The molecule has 1 nitrogen and oxygen atoms in total. The molecule has 0 aliphatic carbocycles. The quantitative estimate of drug-likeness (QED) is 0.127. The summed E-state index contributed by atoms with van der Waals surface area (Å²) in [5, 5.41) is 25.2. The van der Waals surface area contributed by atoms with Gasteiger partial charge in [-0.25, -0.2) is 0 Å². The van der Waals surface area contributed by atoms with Gasteiger partial charge in [-0.3, -0.25) is 0 Å². The lowest BCUT2D eigenvalue weighted by atomic mass is 9.81. The molecule has 2 aromatic heterocycles. The average Bonchev–Trinajstić information content (AvgIpc) is 3.98. The van der Waals surface area contributed by atoms with Gasteiger partial charge in [0.15, 0.2) is 0 Å². The maximum atomic E-state index is 6.31. The van der Waals surface area contributed by atoms with Crippen molar-refractivity contribution in [3.05, 3.63) is 231 Å². The lowest BCUT2D eigenvalue weighted by molar-refractivity contribution is 0.669. The minimum absolute atomic E-state index is 0.907. The van der Waals surface area contributed by atoms with E-state index in [4.69, 9.17) is 4.42 Å². The number of hydrogen-bond acceptors (Lipinski definition) is 2. The molecule has 322 valence electrons. The predicted molar refractivity (Wildman–Crippen MR) is 303 cm³/mol. The van der Waals surface area contributed by atoms with Crippen molar-refractivity contribution >= 4 is 140 Å². The van der Waals surface area contributed by atoms with Crippen LogP contribution >= 0.6 is 11.3 Å². The van der Waals surface area contributed by atoms with Crippen LogP contribution in [0.15, 0.2) is 235 Å². The SMILES string of the molecule is c1ccc2cc3c(cc2c1)c1ccccc1c1cc2sc4ccc(-c5c6ccccc6c(-c6c7ccccc7c(-c7ccc8oc9ccccc9c8c7)c7ccccc67)c6ccccc56)cc4c2cc31. The number of benzene rings is 14. The Kier molecular flexibility index (Phi) is 7.83. The molecule has 0 fully saturated rings. The van der Waals surface area contributed by atoms with Crippen LogP contribution in [0.4, 0.5) is 0 Å². The Morgan fingerprint density at radius 2 is 0.586 bits per heavy atom. The van der Waals surface area contributed by atoms with E-state index >= 15 is 0 Å². The Morgan fingerprint density at radius 1 is 0.214 bits per heavy atom. The summed E-state index contributed by atoms with van der Waals surface area (Å²) in [6, 6.07) is 86.0. The van der Waals surface area contributed by atoms with Gasteiger partial charge < -0.3 is 4.42 Å². The van der Waals surface area contributed by atoms with Crippen molar-refractivity contribution in [2.24, 2.45) is 0 Å². The van der Waals surface area contributed by atoms with Crippen molar-refractivity contribution < 1.29 is 4.42 Å². The number of thiophene rings is 1. The van der Waals surface area contributed by atoms with Crippen molar-refractivity contribution in [2.45, 2.75) is 0 Å². The summed E-state index contributed by atoms with van der Waals surface area (Å²) in [5.74, 6) is 0. The molecule has 0 radical (unpaired) electrons. The number of para-hydroxylation sites is 1. The fourth-order valence-electron chi connectivity index (χ4n) is 12.4. The van der Waals surface area contributed by atoms with E-state index in [1.54, 1.807) is 0 Å². The van der Waals surface area contributed by atoms with Crippen LogP contribution in [0.3, 0.4) is 0 Å². The van der Waals surface area contributed by atoms with Crippen LogP contribution < -0.4 is 0 Å². The molecular weight excluding hydrogens is 865 g/mol. The summed E-state index contributed by atoms with van der Waals surface area (Å²) in [4.78, 5) is 0. The van der Waals surface area contributed by atoms with Gasteiger partial charge in [-0.05, 0) is 174 Å². The fourth-order valence-corrected chi connectivity index (χ4v) is 13.5. The highest BCUT2D eigenvalue weighted by Crippen LogP contribution is 2.51. The number of fused-ring (bicyclic) bond motifs is 17. The van der Waals surface area contributed by atoms with Crippen molar-refractivity contribution in [3.8, 4) is 33.4 Å². The molecule has 0 spiro atoms. The Bertz CT molecular complexity index is 4840. The first kappa shape index (κ1) is 38.2. The summed E-state index contributed by atoms with van der Waals surface area (Å²) in [5.41, 5.74) is 9.28. The minimum Gasteiger partial charge on any atom is -0.456 e. The Hall–Kier alpha value is -8.82. The van der Waals surface area contributed by atoms with Gasteiger partial charge in [-0.1, -0.05) is 176 Å². The van der Waals surface area contributed by atoms with Crippen LogP contribution in [-0.2, 0) is 0 Å². The van der Waals surface area contributed by atoms with E-state index in [0.717, 1.165) is 21.9 Å². The highest BCUT2D eigenvalue weighted by atomic mass is 32.1. The van der Waals surface area contributed by atoms with Crippen molar-refractivity contribution in [1.29, 1.82) is 0 Å². The maximum absolute atomic E-state index is 6.31. The molecule has 2 heterocycles. The third kappa shape index (κ3) is 5.31. The smallest absolute Gasteiger partial charge is 0.135 e. The van der Waals surface area contributed by atoms with E-state index in [-0.39, 0.29) is 0 Å². The normalized spacial score (nSPS) is 12.3. The molecule has 70 heavy (non-hydrogen) atoms. The van der Waals surface area contributed by atoms with Crippen LogP contribution in [0.2, 0.25) is 0 Å². The molecular formula is C68H38OS.